The number of aliphatic hydroxyl groups excluding tert-OH is 1. The van der Waals surface area contributed by atoms with Gasteiger partial charge in [0, 0.05) is 19.1 Å². The third-order valence-electron chi connectivity index (χ3n) is 4.29. The zero-order chi connectivity index (χ0) is 12.3. The summed E-state index contributed by atoms with van der Waals surface area (Å²) < 4.78 is 5.26. The predicted molar refractivity (Wildman–Crippen MR) is 68.1 cm³/mol. The van der Waals surface area contributed by atoms with Gasteiger partial charge in [-0.05, 0) is 26.1 Å². The maximum atomic E-state index is 9.45. The maximum Gasteiger partial charge on any atom is 0.0579 e. The fourth-order valence-electron chi connectivity index (χ4n) is 3.09. The molecule has 2 heterocycles. The summed E-state index contributed by atoms with van der Waals surface area (Å²) in [6.45, 7) is 11.8. The van der Waals surface area contributed by atoms with Crippen LogP contribution in [0.1, 0.15) is 20.3 Å². The molecule has 0 spiro atoms. The molecule has 0 radical (unpaired) electrons. The first-order valence-corrected chi connectivity index (χ1v) is 6.88. The van der Waals surface area contributed by atoms with E-state index in [2.05, 4.69) is 23.6 Å². The monoisotopic (exact) mass is 242 g/mol. The molecule has 0 aromatic heterocycles. The highest BCUT2D eigenvalue weighted by Gasteiger charge is 2.41. The standard InChI is InChI=1S/C13H26N2O2/c1-3-15(4-2)12-5-6-14(7-12)8-13(9-16)10-17-11-13/h12,16H,3-11H2,1-2H3. The van der Waals surface area contributed by atoms with Crippen molar-refractivity contribution in [3.8, 4) is 0 Å². The molecular weight excluding hydrogens is 216 g/mol. The molecular formula is C13H26N2O2. The number of aliphatic hydroxyl groups is 1. The lowest BCUT2D eigenvalue weighted by molar-refractivity contribution is -0.146. The highest BCUT2D eigenvalue weighted by atomic mass is 16.5. The van der Waals surface area contributed by atoms with Crippen LogP contribution in [0.15, 0.2) is 0 Å². The molecule has 17 heavy (non-hydrogen) atoms. The fraction of sp³-hybridized carbons (Fsp3) is 1.00. The van der Waals surface area contributed by atoms with Crippen molar-refractivity contribution in [3.63, 3.8) is 0 Å². The second-order valence-corrected chi connectivity index (χ2v) is 5.55. The average molecular weight is 242 g/mol. The molecule has 2 aliphatic heterocycles. The van der Waals surface area contributed by atoms with Gasteiger partial charge >= 0.3 is 0 Å². The van der Waals surface area contributed by atoms with Crippen molar-refractivity contribution in [2.75, 3.05) is 52.5 Å². The molecule has 2 rings (SSSR count). The van der Waals surface area contributed by atoms with Crippen molar-refractivity contribution in [2.45, 2.75) is 26.3 Å². The van der Waals surface area contributed by atoms with E-state index in [-0.39, 0.29) is 12.0 Å². The summed E-state index contributed by atoms with van der Waals surface area (Å²) in [5.74, 6) is 0. The Hall–Kier alpha value is -0.160. The Morgan fingerprint density at radius 1 is 1.35 bits per heavy atom. The average Bonchev–Trinajstić information content (AvgIpc) is 2.74. The molecule has 0 amide bonds. The van der Waals surface area contributed by atoms with Crippen molar-refractivity contribution in [1.82, 2.24) is 9.80 Å². The minimum absolute atomic E-state index is 0.0398. The number of ether oxygens (including phenoxy) is 1. The summed E-state index contributed by atoms with van der Waals surface area (Å²) in [5, 5.41) is 9.45. The summed E-state index contributed by atoms with van der Waals surface area (Å²) in [5.41, 5.74) is 0.0398. The lowest BCUT2D eigenvalue weighted by atomic mass is 9.86. The number of likely N-dealkylation sites (tertiary alicyclic amines) is 1. The van der Waals surface area contributed by atoms with E-state index in [4.69, 9.17) is 4.74 Å². The van der Waals surface area contributed by atoms with E-state index in [9.17, 15) is 5.11 Å². The van der Waals surface area contributed by atoms with E-state index in [1.54, 1.807) is 0 Å². The summed E-state index contributed by atoms with van der Waals surface area (Å²) in [6, 6.07) is 0.710. The normalized spacial score (nSPS) is 28.6. The Bertz CT molecular complexity index is 234. The van der Waals surface area contributed by atoms with E-state index in [0.717, 1.165) is 39.4 Å². The van der Waals surface area contributed by atoms with Crippen molar-refractivity contribution < 1.29 is 9.84 Å². The summed E-state index contributed by atoms with van der Waals surface area (Å²) >= 11 is 0. The van der Waals surface area contributed by atoms with Crippen LogP contribution in [-0.2, 0) is 4.74 Å². The van der Waals surface area contributed by atoms with E-state index in [0.29, 0.717) is 6.04 Å². The Kier molecular flexibility index (Phi) is 4.42. The molecule has 2 saturated heterocycles. The van der Waals surface area contributed by atoms with E-state index in [1.165, 1.54) is 13.0 Å². The van der Waals surface area contributed by atoms with Crippen LogP contribution in [0.4, 0.5) is 0 Å². The molecule has 2 fully saturated rings. The summed E-state index contributed by atoms with van der Waals surface area (Å²) in [6.07, 6.45) is 1.27. The van der Waals surface area contributed by atoms with Gasteiger partial charge in [-0.3, -0.25) is 4.90 Å². The zero-order valence-corrected chi connectivity index (χ0v) is 11.2. The summed E-state index contributed by atoms with van der Waals surface area (Å²) in [4.78, 5) is 5.05. The zero-order valence-electron chi connectivity index (χ0n) is 11.2. The fourth-order valence-corrected chi connectivity index (χ4v) is 3.09. The van der Waals surface area contributed by atoms with Gasteiger partial charge in [-0.2, -0.15) is 0 Å². The molecule has 0 aliphatic carbocycles. The minimum Gasteiger partial charge on any atom is -0.396 e. The molecule has 0 bridgehead atoms. The van der Waals surface area contributed by atoms with E-state index >= 15 is 0 Å². The molecule has 4 nitrogen and oxygen atoms in total. The Morgan fingerprint density at radius 3 is 2.53 bits per heavy atom. The van der Waals surface area contributed by atoms with Crippen LogP contribution < -0.4 is 0 Å². The molecule has 1 atom stereocenters. The third-order valence-corrected chi connectivity index (χ3v) is 4.29. The number of rotatable bonds is 6. The predicted octanol–water partition coefficient (Wildman–Crippen LogP) is 0.411. The van der Waals surface area contributed by atoms with Gasteiger partial charge in [-0.25, -0.2) is 0 Å². The van der Waals surface area contributed by atoms with Crippen LogP contribution in [0.5, 0.6) is 0 Å². The van der Waals surface area contributed by atoms with Crippen molar-refractivity contribution in [3.05, 3.63) is 0 Å². The Morgan fingerprint density at radius 2 is 2.06 bits per heavy atom. The van der Waals surface area contributed by atoms with Gasteiger partial charge in [-0.15, -0.1) is 0 Å². The number of hydrogen-bond donors (Lipinski definition) is 1. The van der Waals surface area contributed by atoms with Crippen LogP contribution >= 0.6 is 0 Å². The highest BCUT2D eigenvalue weighted by molar-refractivity contribution is 4.92. The van der Waals surface area contributed by atoms with Crippen LogP contribution in [-0.4, -0.2) is 73.5 Å². The first kappa shape index (κ1) is 13.3. The van der Waals surface area contributed by atoms with Gasteiger partial charge in [0.25, 0.3) is 0 Å². The lowest BCUT2D eigenvalue weighted by Crippen LogP contribution is -2.53. The Labute approximate surface area is 105 Å². The lowest BCUT2D eigenvalue weighted by Gasteiger charge is -2.42. The Balaban J connectivity index is 1.81. The molecule has 0 aromatic carbocycles. The largest absolute Gasteiger partial charge is 0.396 e. The van der Waals surface area contributed by atoms with Gasteiger partial charge in [0.2, 0.25) is 0 Å². The van der Waals surface area contributed by atoms with E-state index in [1.807, 2.05) is 0 Å². The van der Waals surface area contributed by atoms with Crippen LogP contribution in [0.3, 0.4) is 0 Å². The van der Waals surface area contributed by atoms with Gasteiger partial charge < -0.3 is 14.7 Å². The minimum atomic E-state index is 0.0398. The van der Waals surface area contributed by atoms with Crippen molar-refractivity contribution >= 4 is 0 Å². The topological polar surface area (TPSA) is 35.9 Å². The first-order valence-electron chi connectivity index (χ1n) is 6.88. The van der Waals surface area contributed by atoms with Gasteiger partial charge in [-0.1, -0.05) is 13.8 Å². The molecule has 100 valence electrons. The smallest absolute Gasteiger partial charge is 0.0579 e. The van der Waals surface area contributed by atoms with Gasteiger partial charge in [0.05, 0.1) is 25.2 Å². The molecule has 0 aromatic rings. The van der Waals surface area contributed by atoms with Crippen LogP contribution in [0.25, 0.3) is 0 Å². The first-order chi connectivity index (χ1) is 8.23. The third kappa shape index (κ3) is 2.81. The number of nitrogens with zero attached hydrogens (tertiary/aromatic N) is 2. The van der Waals surface area contributed by atoms with Gasteiger partial charge in [0.15, 0.2) is 0 Å². The molecule has 1 N–H and O–H groups in total. The maximum absolute atomic E-state index is 9.45. The second kappa shape index (κ2) is 5.65. The highest BCUT2D eigenvalue weighted by Crippen LogP contribution is 2.29. The van der Waals surface area contributed by atoms with Crippen molar-refractivity contribution in [1.29, 1.82) is 0 Å². The number of hydrogen-bond acceptors (Lipinski definition) is 4. The van der Waals surface area contributed by atoms with Crippen LogP contribution in [0, 0.1) is 5.41 Å². The molecule has 2 aliphatic rings. The number of likely N-dealkylation sites (N-methyl/N-ethyl adjacent to an activating group) is 1. The van der Waals surface area contributed by atoms with Gasteiger partial charge in [0.1, 0.15) is 0 Å². The second-order valence-electron chi connectivity index (χ2n) is 5.55. The molecule has 1 unspecified atom stereocenters. The SMILES string of the molecule is CCN(CC)C1CCN(CC2(CO)COC2)C1. The van der Waals surface area contributed by atoms with E-state index < -0.39 is 0 Å². The van der Waals surface area contributed by atoms with Crippen LogP contribution in [0.2, 0.25) is 0 Å². The van der Waals surface area contributed by atoms with Crippen molar-refractivity contribution in [2.24, 2.45) is 5.41 Å². The quantitative estimate of drug-likeness (QED) is 0.732. The molecule has 4 heteroatoms. The molecule has 0 saturated carbocycles. The summed E-state index contributed by atoms with van der Waals surface area (Å²) in [7, 11) is 0.